The maximum Gasteiger partial charge on any atom is 0.270 e. The summed E-state index contributed by atoms with van der Waals surface area (Å²) in [6, 6.07) is 10.3. The highest BCUT2D eigenvalue weighted by Gasteiger charge is 2.22. The Morgan fingerprint density at radius 1 is 1.16 bits per heavy atom. The average molecular weight is 445 g/mol. The number of nitrogens with one attached hydrogen (secondary N) is 2. The summed E-state index contributed by atoms with van der Waals surface area (Å²) in [5, 5.41) is 14.4. The fourth-order valence-corrected chi connectivity index (χ4v) is 4.87. The second-order valence-electron chi connectivity index (χ2n) is 7.04. The predicted molar refractivity (Wildman–Crippen MR) is 117 cm³/mol. The second-order valence-corrected chi connectivity index (χ2v) is 8.98. The third-order valence-corrected chi connectivity index (χ3v) is 7.26. The summed E-state index contributed by atoms with van der Waals surface area (Å²) in [6.45, 7) is 6.12. The molecule has 0 fully saturated rings. The van der Waals surface area contributed by atoms with Gasteiger partial charge >= 0.3 is 0 Å². The lowest BCUT2D eigenvalue weighted by atomic mass is 10.1. The van der Waals surface area contributed by atoms with E-state index in [2.05, 4.69) is 10.3 Å². The van der Waals surface area contributed by atoms with E-state index in [9.17, 15) is 23.3 Å². The van der Waals surface area contributed by atoms with Gasteiger partial charge in [0.25, 0.3) is 11.6 Å². The third-order valence-electron chi connectivity index (χ3n) is 5.19. The first-order valence-corrected chi connectivity index (χ1v) is 11.3. The summed E-state index contributed by atoms with van der Waals surface area (Å²) < 4.78 is 26.6. The molecule has 1 amide bonds. The minimum atomic E-state index is -3.55. The Labute approximate surface area is 180 Å². The van der Waals surface area contributed by atoms with E-state index >= 15 is 0 Å². The van der Waals surface area contributed by atoms with E-state index in [1.54, 1.807) is 39.0 Å². The lowest BCUT2D eigenvalue weighted by Crippen LogP contribution is -2.30. The number of rotatable bonds is 8. The van der Waals surface area contributed by atoms with Crippen LogP contribution in [0.2, 0.25) is 0 Å². The fraction of sp³-hybridized carbons (Fsp3) is 0.286. The number of sulfonamides is 1. The van der Waals surface area contributed by atoms with E-state index in [0.717, 1.165) is 5.56 Å². The smallest absolute Gasteiger partial charge is 0.270 e. The molecule has 0 aliphatic heterocycles. The number of amides is 1. The number of fused-ring (bicyclic) bond motifs is 1. The van der Waals surface area contributed by atoms with Gasteiger partial charge in [-0.05, 0) is 30.7 Å². The van der Waals surface area contributed by atoms with Gasteiger partial charge in [0, 0.05) is 42.3 Å². The molecule has 0 bridgehead atoms. The molecular formula is C21H24N4O5S. The first-order valence-electron chi connectivity index (χ1n) is 9.85. The van der Waals surface area contributed by atoms with Crippen molar-refractivity contribution in [2.75, 3.05) is 13.1 Å². The van der Waals surface area contributed by atoms with Crippen LogP contribution in [0.5, 0.6) is 0 Å². The SMILES string of the molecule is CCN(CC)S(=O)(=O)c1ccc(C(C)NC(=O)c2c[nH]c3ccc([N+](=O)[O-])cc23)cc1. The highest BCUT2D eigenvalue weighted by molar-refractivity contribution is 7.89. The van der Waals surface area contributed by atoms with Crippen LogP contribution in [0.15, 0.2) is 53.6 Å². The topological polar surface area (TPSA) is 125 Å². The molecule has 9 nitrogen and oxygen atoms in total. The Balaban J connectivity index is 1.80. The standard InChI is InChI=1S/C21H24N4O5S/c1-4-24(5-2)31(29,30)17-9-6-15(7-10-17)14(3)23-21(26)19-13-22-20-11-8-16(25(27)28)12-18(19)20/h6-14,22H,4-5H2,1-3H3,(H,23,26). The number of non-ortho nitro benzene ring substituents is 1. The van der Waals surface area contributed by atoms with E-state index in [1.165, 1.54) is 34.8 Å². The number of H-pyrrole nitrogens is 1. The predicted octanol–water partition coefficient (Wildman–Crippen LogP) is 3.60. The zero-order chi connectivity index (χ0) is 22.8. The van der Waals surface area contributed by atoms with E-state index in [4.69, 9.17) is 0 Å². The molecule has 1 atom stereocenters. The van der Waals surface area contributed by atoms with E-state index in [0.29, 0.717) is 29.6 Å². The van der Waals surface area contributed by atoms with Crippen molar-refractivity contribution in [3.05, 3.63) is 69.9 Å². The van der Waals surface area contributed by atoms with Crippen LogP contribution in [0.4, 0.5) is 5.69 Å². The molecule has 164 valence electrons. The van der Waals surface area contributed by atoms with Crippen LogP contribution in [0.1, 0.15) is 42.7 Å². The van der Waals surface area contributed by atoms with E-state index in [1.807, 2.05) is 0 Å². The molecular weight excluding hydrogens is 420 g/mol. The maximum absolute atomic E-state index is 12.8. The Morgan fingerprint density at radius 2 is 1.81 bits per heavy atom. The number of benzene rings is 2. The highest BCUT2D eigenvalue weighted by Crippen LogP contribution is 2.25. The van der Waals surface area contributed by atoms with Crippen molar-refractivity contribution in [1.29, 1.82) is 0 Å². The molecule has 0 saturated carbocycles. The van der Waals surface area contributed by atoms with Crippen LogP contribution in [-0.4, -0.2) is 41.6 Å². The van der Waals surface area contributed by atoms with Crippen molar-refractivity contribution in [3.8, 4) is 0 Å². The lowest BCUT2D eigenvalue weighted by Gasteiger charge is -2.19. The number of hydrogen-bond acceptors (Lipinski definition) is 5. The Morgan fingerprint density at radius 3 is 2.39 bits per heavy atom. The Hall–Kier alpha value is -3.24. The number of aromatic amines is 1. The molecule has 0 aliphatic rings. The fourth-order valence-electron chi connectivity index (χ4n) is 3.41. The van der Waals surface area contributed by atoms with Gasteiger partial charge in [0.2, 0.25) is 10.0 Å². The number of carbonyl (C=O) groups is 1. The molecule has 31 heavy (non-hydrogen) atoms. The van der Waals surface area contributed by atoms with Crippen LogP contribution in [0.3, 0.4) is 0 Å². The largest absolute Gasteiger partial charge is 0.360 e. The van der Waals surface area contributed by atoms with Gasteiger partial charge < -0.3 is 10.3 Å². The van der Waals surface area contributed by atoms with Crippen LogP contribution in [0, 0.1) is 10.1 Å². The van der Waals surface area contributed by atoms with E-state index < -0.39 is 21.0 Å². The minimum Gasteiger partial charge on any atom is -0.360 e. The molecule has 2 aromatic carbocycles. The van der Waals surface area contributed by atoms with Crippen molar-refractivity contribution in [3.63, 3.8) is 0 Å². The van der Waals surface area contributed by atoms with Gasteiger partial charge in [-0.2, -0.15) is 4.31 Å². The summed E-state index contributed by atoms with van der Waals surface area (Å²) >= 11 is 0. The van der Waals surface area contributed by atoms with Gasteiger partial charge in [-0.15, -0.1) is 0 Å². The van der Waals surface area contributed by atoms with Crippen molar-refractivity contribution >= 4 is 32.5 Å². The van der Waals surface area contributed by atoms with Gasteiger partial charge in [0.05, 0.1) is 21.4 Å². The zero-order valence-corrected chi connectivity index (χ0v) is 18.3. The number of hydrogen-bond donors (Lipinski definition) is 2. The van der Waals surface area contributed by atoms with Crippen LogP contribution < -0.4 is 5.32 Å². The highest BCUT2D eigenvalue weighted by atomic mass is 32.2. The Kier molecular flexibility index (Phi) is 6.42. The van der Waals surface area contributed by atoms with Crippen LogP contribution in [0.25, 0.3) is 10.9 Å². The van der Waals surface area contributed by atoms with Gasteiger partial charge in [-0.25, -0.2) is 8.42 Å². The van der Waals surface area contributed by atoms with Crippen molar-refractivity contribution in [2.45, 2.75) is 31.7 Å². The third kappa shape index (κ3) is 4.44. The first kappa shape index (κ1) is 22.4. The molecule has 0 spiro atoms. The molecule has 3 aromatic rings. The van der Waals surface area contributed by atoms with Gasteiger partial charge in [-0.3, -0.25) is 14.9 Å². The van der Waals surface area contributed by atoms with Gasteiger partial charge in [0.1, 0.15) is 0 Å². The maximum atomic E-state index is 12.8. The Bertz CT molecular complexity index is 1210. The average Bonchev–Trinajstić information content (AvgIpc) is 3.17. The lowest BCUT2D eigenvalue weighted by molar-refractivity contribution is -0.384. The molecule has 2 N–H and O–H groups in total. The van der Waals surface area contributed by atoms with Crippen molar-refractivity contribution in [1.82, 2.24) is 14.6 Å². The number of nitro benzene ring substituents is 1. The summed E-state index contributed by atoms with van der Waals surface area (Å²) in [5.41, 5.74) is 1.55. The molecule has 1 aromatic heterocycles. The van der Waals surface area contributed by atoms with Crippen molar-refractivity contribution in [2.24, 2.45) is 0 Å². The second kappa shape index (κ2) is 8.86. The summed E-state index contributed by atoms with van der Waals surface area (Å²) in [5.74, 6) is -0.390. The molecule has 1 unspecified atom stereocenters. The van der Waals surface area contributed by atoms with Gasteiger partial charge in [-0.1, -0.05) is 26.0 Å². The van der Waals surface area contributed by atoms with Crippen LogP contribution >= 0.6 is 0 Å². The summed E-state index contributed by atoms with van der Waals surface area (Å²) in [6.07, 6.45) is 1.51. The molecule has 1 heterocycles. The number of nitrogens with zero attached hydrogens (tertiary/aromatic N) is 2. The summed E-state index contributed by atoms with van der Waals surface area (Å²) in [4.78, 5) is 26.4. The number of nitro groups is 1. The van der Waals surface area contributed by atoms with Crippen LogP contribution in [-0.2, 0) is 10.0 Å². The monoisotopic (exact) mass is 444 g/mol. The quantitative estimate of drug-likeness (QED) is 0.406. The van der Waals surface area contributed by atoms with E-state index in [-0.39, 0.29) is 16.5 Å². The number of carbonyl (C=O) groups excluding carboxylic acids is 1. The minimum absolute atomic E-state index is 0.0980. The number of aromatic nitrogens is 1. The molecule has 0 aliphatic carbocycles. The van der Waals surface area contributed by atoms with Gasteiger partial charge in [0.15, 0.2) is 0 Å². The zero-order valence-electron chi connectivity index (χ0n) is 17.5. The summed E-state index contributed by atoms with van der Waals surface area (Å²) in [7, 11) is -3.55. The molecule has 0 saturated heterocycles. The first-order chi connectivity index (χ1) is 14.7. The van der Waals surface area contributed by atoms with Crippen molar-refractivity contribution < 1.29 is 18.1 Å². The molecule has 3 rings (SSSR count). The normalized spacial score (nSPS) is 12.8. The molecule has 10 heteroatoms. The molecule has 0 radical (unpaired) electrons.